The van der Waals surface area contributed by atoms with Gasteiger partial charge >= 0.3 is 0 Å². The van der Waals surface area contributed by atoms with E-state index in [0.29, 0.717) is 5.78 Å². The first-order chi connectivity index (χ1) is 6.16. The minimum Gasteiger partial charge on any atom is -0.327 e. The molecule has 2 aliphatic rings. The fraction of sp³-hybridized carbons (Fsp3) is 0.900. The van der Waals surface area contributed by atoms with E-state index in [9.17, 15) is 4.79 Å². The second-order valence-electron chi connectivity index (χ2n) is 4.57. The van der Waals surface area contributed by atoms with Crippen LogP contribution in [0.3, 0.4) is 0 Å². The van der Waals surface area contributed by atoms with E-state index in [4.69, 9.17) is 5.73 Å². The van der Waals surface area contributed by atoms with Gasteiger partial charge in [-0.25, -0.2) is 0 Å². The smallest absolute Gasteiger partial charge is 0.137 e. The van der Waals surface area contributed by atoms with E-state index in [0.717, 1.165) is 32.4 Å². The molecule has 1 spiro atoms. The molecular formula is C10H19ClN2O. The number of ketones is 1. The maximum Gasteiger partial charge on any atom is 0.137 e. The van der Waals surface area contributed by atoms with Gasteiger partial charge in [-0.3, -0.25) is 4.79 Å². The van der Waals surface area contributed by atoms with Crippen LogP contribution in [0.5, 0.6) is 0 Å². The van der Waals surface area contributed by atoms with E-state index >= 15 is 0 Å². The summed E-state index contributed by atoms with van der Waals surface area (Å²) in [4.78, 5) is 11.6. The van der Waals surface area contributed by atoms with Crippen LogP contribution in [0.15, 0.2) is 0 Å². The number of nitrogens with one attached hydrogen (secondary N) is 1. The Bertz CT molecular complexity index is 226. The number of hydrogen-bond donors (Lipinski definition) is 2. The molecule has 2 unspecified atom stereocenters. The molecule has 1 aliphatic heterocycles. The lowest BCUT2D eigenvalue weighted by Gasteiger charge is -2.37. The number of piperidine rings is 1. The van der Waals surface area contributed by atoms with Gasteiger partial charge < -0.3 is 11.1 Å². The SMILES string of the molecule is CC1C(=O)CC2(CCNCC2)C1N.Cl. The van der Waals surface area contributed by atoms with Crippen LogP contribution in [-0.2, 0) is 4.79 Å². The van der Waals surface area contributed by atoms with Gasteiger partial charge in [0.05, 0.1) is 0 Å². The van der Waals surface area contributed by atoms with Crippen molar-refractivity contribution in [2.75, 3.05) is 13.1 Å². The molecule has 0 aromatic heterocycles. The van der Waals surface area contributed by atoms with Crippen molar-refractivity contribution in [3.05, 3.63) is 0 Å². The fourth-order valence-corrected chi connectivity index (χ4v) is 2.79. The molecule has 0 amide bonds. The fourth-order valence-electron chi connectivity index (χ4n) is 2.79. The zero-order valence-electron chi connectivity index (χ0n) is 8.58. The van der Waals surface area contributed by atoms with Gasteiger partial charge in [-0.2, -0.15) is 0 Å². The average molecular weight is 219 g/mol. The number of Topliss-reactive ketones (excluding diaryl/α,β-unsaturated/α-hetero) is 1. The third-order valence-corrected chi connectivity index (χ3v) is 3.88. The van der Waals surface area contributed by atoms with E-state index in [2.05, 4.69) is 5.32 Å². The van der Waals surface area contributed by atoms with E-state index < -0.39 is 0 Å². The monoisotopic (exact) mass is 218 g/mol. The van der Waals surface area contributed by atoms with Crippen LogP contribution < -0.4 is 11.1 Å². The third-order valence-electron chi connectivity index (χ3n) is 3.88. The van der Waals surface area contributed by atoms with Crippen molar-refractivity contribution in [3.63, 3.8) is 0 Å². The van der Waals surface area contributed by atoms with Gasteiger partial charge in [-0.15, -0.1) is 12.4 Å². The summed E-state index contributed by atoms with van der Waals surface area (Å²) in [6.07, 6.45) is 2.87. The normalized spacial score (nSPS) is 35.7. The predicted octanol–water partition coefficient (Wildman–Crippen LogP) is 0.714. The molecule has 14 heavy (non-hydrogen) atoms. The second-order valence-corrected chi connectivity index (χ2v) is 4.57. The van der Waals surface area contributed by atoms with E-state index in [-0.39, 0.29) is 29.8 Å². The minimum absolute atomic E-state index is 0. The Labute approximate surface area is 91.2 Å². The van der Waals surface area contributed by atoms with Crippen molar-refractivity contribution in [3.8, 4) is 0 Å². The minimum atomic E-state index is 0. The van der Waals surface area contributed by atoms with E-state index in [1.807, 2.05) is 6.92 Å². The third kappa shape index (κ3) is 1.69. The van der Waals surface area contributed by atoms with E-state index in [1.54, 1.807) is 0 Å². The molecule has 3 N–H and O–H groups in total. The number of hydrogen-bond acceptors (Lipinski definition) is 3. The number of nitrogens with two attached hydrogens (primary N) is 1. The van der Waals surface area contributed by atoms with Crippen molar-refractivity contribution in [2.24, 2.45) is 17.1 Å². The molecule has 1 heterocycles. The standard InChI is InChI=1S/C10H18N2O.ClH/c1-7-8(13)6-10(9(7)11)2-4-12-5-3-10;/h7,9,12H,2-6,11H2,1H3;1H. The quantitative estimate of drug-likeness (QED) is 0.630. The van der Waals surface area contributed by atoms with Crippen LogP contribution in [0.1, 0.15) is 26.2 Å². The first kappa shape index (κ1) is 12.0. The average Bonchev–Trinajstić information content (AvgIpc) is 2.33. The van der Waals surface area contributed by atoms with Crippen molar-refractivity contribution < 1.29 is 4.79 Å². The Morgan fingerprint density at radius 3 is 2.43 bits per heavy atom. The molecule has 1 saturated carbocycles. The largest absolute Gasteiger partial charge is 0.327 e. The lowest BCUT2D eigenvalue weighted by atomic mass is 9.74. The van der Waals surface area contributed by atoms with Gasteiger partial charge in [-0.1, -0.05) is 6.92 Å². The molecule has 82 valence electrons. The Hall–Kier alpha value is -0.120. The van der Waals surface area contributed by atoms with Crippen molar-refractivity contribution in [1.82, 2.24) is 5.32 Å². The molecular weight excluding hydrogens is 200 g/mol. The number of carbonyl (C=O) groups is 1. The summed E-state index contributed by atoms with van der Waals surface area (Å²) in [6.45, 7) is 4.02. The van der Waals surface area contributed by atoms with Crippen LogP contribution in [0.2, 0.25) is 0 Å². The molecule has 2 atom stereocenters. The highest BCUT2D eigenvalue weighted by atomic mass is 35.5. The lowest BCUT2D eigenvalue weighted by molar-refractivity contribution is -0.120. The van der Waals surface area contributed by atoms with Crippen LogP contribution in [-0.4, -0.2) is 24.9 Å². The Kier molecular flexibility index (Phi) is 3.56. The Morgan fingerprint density at radius 2 is 2.00 bits per heavy atom. The summed E-state index contributed by atoms with van der Waals surface area (Å²) in [5.41, 5.74) is 6.27. The summed E-state index contributed by atoms with van der Waals surface area (Å²) in [7, 11) is 0. The Morgan fingerprint density at radius 1 is 1.43 bits per heavy atom. The lowest BCUT2D eigenvalue weighted by Crippen LogP contribution is -2.46. The van der Waals surface area contributed by atoms with Gasteiger partial charge in [-0.05, 0) is 31.3 Å². The van der Waals surface area contributed by atoms with Gasteiger partial charge in [0, 0.05) is 18.4 Å². The summed E-state index contributed by atoms with van der Waals surface area (Å²) < 4.78 is 0. The highest BCUT2D eigenvalue weighted by molar-refractivity contribution is 5.85. The topological polar surface area (TPSA) is 55.1 Å². The number of rotatable bonds is 0. The van der Waals surface area contributed by atoms with Gasteiger partial charge in [0.1, 0.15) is 5.78 Å². The summed E-state index contributed by atoms with van der Waals surface area (Å²) in [5.74, 6) is 0.451. The summed E-state index contributed by atoms with van der Waals surface area (Å²) in [6, 6.07) is 0.0992. The zero-order chi connectivity index (χ0) is 9.47. The zero-order valence-corrected chi connectivity index (χ0v) is 9.40. The van der Waals surface area contributed by atoms with Crippen LogP contribution >= 0.6 is 12.4 Å². The van der Waals surface area contributed by atoms with Crippen molar-refractivity contribution in [1.29, 1.82) is 0 Å². The van der Waals surface area contributed by atoms with Gasteiger partial charge in [0.2, 0.25) is 0 Å². The van der Waals surface area contributed by atoms with E-state index in [1.165, 1.54) is 0 Å². The molecule has 1 aliphatic carbocycles. The molecule has 0 radical (unpaired) electrons. The van der Waals surface area contributed by atoms with Gasteiger partial charge in [0.25, 0.3) is 0 Å². The molecule has 2 rings (SSSR count). The molecule has 1 saturated heterocycles. The molecule has 0 aromatic rings. The molecule has 0 bridgehead atoms. The highest BCUT2D eigenvalue weighted by Crippen LogP contribution is 2.44. The number of halogens is 1. The van der Waals surface area contributed by atoms with Crippen LogP contribution in [0.4, 0.5) is 0 Å². The maximum atomic E-state index is 11.6. The van der Waals surface area contributed by atoms with Crippen LogP contribution in [0, 0.1) is 11.3 Å². The second kappa shape index (κ2) is 4.17. The maximum absolute atomic E-state index is 11.6. The van der Waals surface area contributed by atoms with Gasteiger partial charge in [0.15, 0.2) is 0 Å². The molecule has 4 heteroatoms. The highest BCUT2D eigenvalue weighted by Gasteiger charge is 2.49. The molecule has 0 aromatic carbocycles. The van der Waals surface area contributed by atoms with Crippen molar-refractivity contribution >= 4 is 18.2 Å². The first-order valence-electron chi connectivity index (χ1n) is 5.15. The predicted molar refractivity (Wildman–Crippen MR) is 58.5 cm³/mol. The van der Waals surface area contributed by atoms with Crippen LogP contribution in [0.25, 0.3) is 0 Å². The Balaban J connectivity index is 0.000000980. The summed E-state index contributed by atoms with van der Waals surface area (Å²) in [5, 5.41) is 3.32. The summed E-state index contributed by atoms with van der Waals surface area (Å²) >= 11 is 0. The molecule has 2 fully saturated rings. The first-order valence-corrected chi connectivity index (χ1v) is 5.15. The van der Waals surface area contributed by atoms with Crippen molar-refractivity contribution in [2.45, 2.75) is 32.2 Å². The molecule has 3 nitrogen and oxygen atoms in total. The number of carbonyl (C=O) groups excluding carboxylic acids is 1.